The first-order valence-corrected chi connectivity index (χ1v) is 15.3. The fourth-order valence-corrected chi connectivity index (χ4v) is 5.42. The summed E-state index contributed by atoms with van der Waals surface area (Å²) in [5.41, 5.74) is 0.0768. The highest BCUT2D eigenvalue weighted by Gasteiger charge is 2.41. The molecule has 0 aromatic carbocycles. The van der Waals surface area contributed by atoms with Crippen LogP contribution in [-0.2, 0) is 15.6 Å². The summed E-state index contributed by atoms with van der Waals surface area (Å²) >= 11 is 0. The SMILES string of the molecule is CCOc1cn2nc(CCC(C)(C)O[Si](C)(C)C(C)(C)C)c(C(=O)O)c2cc1NC(=O)OC(C)(C)C. The van der Waals surface area contributed by atoms with Crippen molar-refractivity contribution >= 4 is 31.6 Å². The average molecular weight is 522 g/mol. The Morgan fingerprint density at radius 1 is 1.11 bits per heavy atom. The van der Waals surface area contributed by atoms with Crippen LogP contribution in [0.1, 0.15) is 84.8 Å². The molecular weight excluding hydrogens is 478 g/mol. The van der Waals surface area contributed by atoms with Crippen LogP contribution in [0.5, 0.6) is 5.75 Å². The number of fused-ring (bicyclic) bond motifs is 1. The molecule has 0 atom stereocenters. The number of carboxylic acid groups (broad SMARTS) is 1. The van der Waals surface area contributed by atoms with Crippen LogP contribution < -0.4 is 10.1 Å². The second-order valence-electron chi connectivity index (χ2n) is 12.2. The summed E-state index contributed by atoms with van der Waals surface area (Å²) in [4.78, 5) is 24.7. The van der Waals surface area contributed by atoms with E-state index in [1.54, 1.807) is 33.0 Å². The topological polar surface area (TPSA) is 111 Å². The molecule has 2 rings (SSSR count). The molecule has 36 heavy (non-hydrogen) atoms. The maximum atomic E-state index is 12.4. The number of nitrogens with one attached hydrogen (secondary N) is 1. The molecule has 0 spiro atoms. The average Bonchev–Trinajstić information content (AvgIpc) is 3.01. The van der Waals surface area contributed by atoms with Crippen LogP contribution >= 0.6 is 0 Å². The molecule has 0 bridgehead atoms. The summed E-state index contributed by atoms with van der Waals surface area (Å²) in [6, 6.07) is 1.56. The Bertz CT molecular complexity index is 1110. The Morgan fingerprint density at radius 2 is 1.72 bits per heavy atom. The van der Waals surface area contributed by atoms with Crippen molar-refractivity contribution in [1.82, 2.24) is 9.61 Å². The number of rotatable bonds is 9. The summed E-state index contributed by atoms with van der Waals surface area (Å²) in [5.74, 6) is -0.723. The largest absolute Gasteiger partial charge is 0.490 e. The number of carbonyl (C=O) groups is 2. The van der Waals surface area contributed by atoms with Crippen molar-refractivity contribution in [2.24, 2.45) is 0 Å². The molecule has 0 aliphatic carbocycles. The summed E-state index contributed by atoms with van der Waals surface area (Å²) in [6.07, 6.45) is 1.95. The highest BCUT2D eigenvalue weighted by Crippen LogP contribution is 2.40. The van der Waals surface area contributed by atoms with Crippen molar-refractivity contribution in [3.8, 4) is 5.75 Å². The van der Waals surface area contributed by atoms with Gasteiger partial charge in [-0.1, -0.05) is 20.8 Å². The van der Waals surface area contributed by atoms with E-state index in [4.69, 9.17) is 13.9 Å². The van der Waals surface area contributed by atoms with E-state index in [1.807, 2.05) is 20.8 Å². The summed E-state index contributed by atoms with van der Waals surface area (Å²) in [5, 5.41) is 17.4. The van der Waals surface area contributed by atoms with Crippen molar-refractivity contribution in [3.63, 3.8) is 0 Å². The summed E-state index contributed by atoms with van der Waals surface area (Å²) < 4.78 is 19.2. The van der Waals surface area contributed by atoms with Gasteiger partial charge in [-0.15, -0.1) is 0 Å². The van der Waals surface area contributed by atoms with Gasteiger partial charge in [-0.05, 0) is 78.6 Å². The second kappa shape index (κ2) is 10.4. The summed E-state index contributed by atoms with van der Waals surface area (Å²) in [6.45, 7) is 22.5. The van der Waals surface area contributed by atoms with Gasteiger partial charge in [0.1, 0.15) is 11.2 Å². The number of carbonyl (C=O) groups excluding carboxylic acids is 1. The third kappa shape index (κ3) is 7.46. The van der Waals surface area contributed by atoms with Crippen molar-refractivity contribution in [2.45, 2.75) is 104 Å². The molecule has 9 nitrogen and oxygen atoms in total. The van der Waals surface area contributed by atoms with Crippen molar-refractivity contribution < 1.29 is 28.6 Å². The lowest BCUT2D eigenvalue weighted by molar-refractivity contribution is 0.0633. The fourth-order valence-electron chi connectivity index (χ4n) is 3.63. The van der Waals surface area contributed by atoms with Crippen LogP contribution in [0.15, 0.2) is 12.3 Å². The lowest BCUT2D eigenvalue weighted by atomic mass is 10.00. The van der Waals surface area contributed by atoms with Gasteiger partial charge in [0, 0.05) is 0 Å². The standard InChI is InChI=1S/C26H43N3O6Si/c1-12-33-20-16-29-19(15-18(20)27-23(32)34-24(2,3)4)21(22(30)31)17(28-29)13-14-26(8,9)35-36(10,11)25(5,6)7/h15-16H,12-14H2,1-11H3,(H,27,32)(H,30,31). The minimum Gasteiger partial charge on any atom is -0.490 e. The number of carboxylic acids is 1. The highest BCUT2D eigenvalue weighted by molar-refractivity contribution is 6.74. The molecule has 0 radical (unpaired) electrons. The zero-order valence-electron chi connectivity index (χ0n) is 23.7. The molecule has 0 saturated carbocycles. The number of nitrogens with zero attached hydrogens (tertiary/aromatic N) is 2. The minimum absolute atomic E-state index is 0.0623. The van der Waals surface area contributed by atoms with E-state index in [2.05, 4.69) is 44.3 Å². The summed E-state index contributed by atoms with van der Waals surface area (Å²) in [7, 11) is -2.01. The Morgan fingerprint density at radius 3 is 2.22 bits per heavy atom. The molecule has 1 amide bonds. The van der Waals surface area contributed by atoms with Crippen LogP contribution in [0.2, 0.25) is 18.1 Å². The molecule has 0 fully saturated rings. The molecule has 2 N–H and O–H groups in total. The van der Waals surface area contributed by atoms with Gasteiger partial charge in [-0.2, -0.15) is 5.10 Å². The number of anilines is 1. The zero-order chi connectivity index (χ0) is 27.7. The third-order valence-electron chi connectivity index (χ3n) is 6.26. The number of aryl methyl sites for hydroxylation is 1. The van der Waals surface area contributed by atoms with Crippen LogP contribution in [0.25, 0.3) is 5.52 Å². The Hall–Kier alpha value is -2.59. The molecule has 0 aliphatic heterocycles. The maximum Gasteiger partial charge on any atom is 0.412 e. The Labute approximate surface area is 215 Å². The van der Waals surface area contributed by atoms with Gasteiger partial charge in [0.25, 0.3) is 0 Å². The molecule has 0 saturated heterocycles. The molecule has 0 aliphatic rings. The second-order valence-corrected chi connectivity index (χ2v) is 16.9. The zero-order valence-corrected chi connectivity index (χ0v) is 24.7. The lowest BCUT2D eigenvalue weighted by Crippen LogP contribution is -2.47. The van der Waals surface area contributed by atoms with Crippen molar-refractivity contribution in [1.29, 1.82) is 0 Å². The number of ether oxygens (including phenoxy) is 2. The fraction of sp³-hybridized carbons (Fsp3) is 0.654. The predicted octanol–water partition coefficient (Wildman–Crippen LogP) is 6.51. The smallest absolute Gasteiger partial charge is 0.412 e. The van der Waals surface area contributed by atoms with Crippen molar-refractivity contribution in [3.05, 3.63) is 23.5 Å². The first-order chi connectivity index (χ1) is 16.3. The molecule has 2 aromatic rings. The first kappa shape index (κ1) is 29.6. The molecular formula is C26H43N3O6Si. The van der Waals surface area contributed by atoms with Gasteiger partial charge in [0.05, 0.1) is 35.3 Å². The number of hydrogen-bond acceptors (Lipinski definition) is 6. The van der Waals surface area contributed by atoms with Gasteiger partial charge in [0.15, 0.2) is 14.1 Å². The van der Waals surface area contributed by atoms with E-state index in [0.29, 0.717) is 42.1 Å². The lowest BCUT2D eigenvalue weighted by Gasteiger charge is -2.42. The Kier molecular flexibility index (Phi) is 8.57. The third-order valence-corrected chi connectivity index (χ3v) is 10.9. The van der Waals surface area contributed by atoms with Gasteiger partial charge < -0.3 is 19.0 Å². The normalized spacial score (nSPS) is 13.1. The van der Waals surface area contributed by atoms with Crippen molar-refractivity contribution in [2.75, 3.05) is 11.9 Å². The van der Waals surface area contributed by atoms with E-state index >= 15 is 0 Å². The van der Waals surface area contributed by atoms with Crippen LogP contribution in [-0.4, -0.2) is 52.9 Å². The molecule has 10 heteroatoms. The molecule has 2 aromatic heterocycles. The van der Waals surface area contributed by atoms with Gasteiger partial charge in [-0.3, -0.25) is 5.32 Å². The quantitative estimate of drug-likeness (QED) is 0.362. The monoisotopic (exact) mass is 521 g/mol. The van der Waals surface area contributed by atoms with Crippen LogP contribution in [0.3, 0.4) is 0 Å². The minimum atomic E-state index is -2.01. The van der Waals surface area contributed by atoms with E-state index in [9.17, 15) is 14.7 Å². The number of pyridine rings is 1. The van der Waals surface area contributed by atoms with Crippen LogP contribution in [0, 0.1) is 0 Å². The van der Waals surface area contributed by atoms with E-state index in [1.165, 1.54) is 4.52 Å². The number of amides is 1. The van der Waals surface area contributed by atoms with Gasteiger partial charge >= 0.3 is 12.1 Å². The molecule has 2 heterocycles. The molecule has 202 valence electrons. The van der Waals surface area contributed by atoms with Gasteiger partial charge in [0.2, 0.25) is 0 Å². The Balaban J connectivity index is 2.43. The number of aromatic carboxylic acids is 1. The molecule has 0 unspecified atom stereocenters. The first-order valence-electron chi connectivity index (χ1n) is 12.4. The van der Waals surface area contributed by atoms with E-state index in [-0.39, 0.29) is 10.6 Å². The van der Waals surface area contributed by atoms with Gasteiger partial charge in [-0.25, -0.2) is 14.1 Å². The van der Waals surface area contributed by atoms with Crippen LogP contribution in [0.4, 0.5) is 10.5 Å². The number of aromatic nitrogens is 2. The van der Waals surface area contributed by atoms with E-state index < -0.39 is 31.6 Å². The number of hydrogen-bond donors (Lipinski definition) is 2. The highest BCUT2D eigenvalue weighted by atomic mass is 28.4. The maximum absolute atomic E-state index is 12.4. The van der Waals surface area contributed by atoms with E-state index in [0.717, 1.165) is 0 Å². The predicted molar refractivity (Wildman–Crippen MR) is 144 cm³/mol.